The second kappa shape index (κ2) is 5.94. The Balaban J connectivity index is 1.45. The first-order valence-corrected chi connectivity index (χ1v) is 12.2. The molecule has 186 valence electrons. The van der Waals surface area contributed by atoms with E-state index in [-0.39, 0.29) is 30.1 Å². The fraction of sp³-hybridized carbons (Fsp3) is 0.654. The molecular formula is C26H28O9. The highest BCUT2D eigenvalue weighted by molar-refractivity contribution is 5.92. The van der Waals surface area contributed by atoms with Crippen molar-refractivity contribution in [3.63, 3.8) is 0 Å². The summed E-state index contributed by atoms with van der Waals surface area (Å²) in [5, 5.41) is 0. The van der Waals surface area contributed by atoms with Crippen LogP contribution < -0.4 is 0 Å². The Morgan fingerprint density at radius 2 is 1.77 bits per heavy atom. The first kappa shape index (κ1) is 21.5. The molecule has 9 unspecified atom stereocenters. The van der Waals surface area contributed by atoms with E-state index in [1.54, 1.807) is 25.5 Å². The van der Waals surface area contributed by atoms with Crippen LogP contribution >= 0.6 is 0 Å². The number of carbonyl (C=O) groups excluding carboxylic acids is 3. The normalized spacial score (nSPS) is 50.6. The molecule has 1 saturated carbocycles. The van der Waals surface area contributed by atoms with E-state index in [4.69, 9.17) is 28.1 Å². The number of esters is 3. The lowest BCUT2D eigenvalue weighted by molar-refractivity contribution is -0.404. The molecule has 0 radical (unpaired) electrons. The van der Waals surface area contributed by atoms with E-state index in [1.807, 2.05) is 27.7 Å². The van der Waals surface area contributed by atoms with Crippen LogP contribution in [0.25, 0.3) is 0 Å². The minimum atomic E-state index is -1.60. The summed E-state index contributed by atoms with van der Waals surface area (Å²) >= 11 is 0. The Morgan fingerprint density at radius 1 is 1.00 bits per heavy atom. The van der Waals surface area contributed by atoms with Crippen LogP contribution in [0.15, 0.2) is 34.8 Å². The first-order valence-electron chi connectivity index (χ1n) is 12.2. The van der Waals surface area contributed by atoms with Gasteiger partial charge in [-0.25, -0.2) is 9.59 Å². The van der Waals surface area contributed by atoms with E-state index in [0.717, 1.165) is 5.56 Å². The van der Waals surface area contributed by atoms with Crippen molar-refractivity contribution in [2.45, 2.75) is 76.2 Å². The fourth-order valence-electron chi connectivity index (χ4n) is 8.31. The lowest BCUT2D eigenvalue weighted by atomic mass is 9.43. The van der Waals surface area contributed by atoms with Gasteiger partial charge >= 0.3 is 17.9 Å². The van der Waals surface area contributed by atoms with Crippen molar-refractivity contribution in [3.8, 4) is 0 Å². The lowest BCUT2D eigenvalue weighted by Crippen LogP contribution is -2.83. The number of fused-ring (bicyclic) bond motifs is 1. The van der Waals surface area contributed by atoms with E-state index < -0.39 is 52.0 Å². The summed E-state index contributed by atoms with van der Waals surface area (Å²) in [5.41, 5.74) is -4.33. The van der Waals surface area contributed by atoms with Crippen LogP contribution in [-0.2, 0) is 38.1 Å². The third-order valence-corrected chi connectivity index (χ3v) is 9.97. The summed E-state index contributed by atoms with van der Waals surface area (Å²) < 4.78 is 36.2. The van der Waals surface area contributed by atoms with Gasteiger partial charge in [0.1, 0.15) is 22.9 Å². The number of hydrogen-bond donors (Lipinski definition) is 0. The van der Waals surface area contributed by atoms with Gasteiger partial charge in [-0.1, -0.05) is 6.92 Å². The predicted molar refractivity (Wildman–Crippen MR) is 115 cm³/mol. The van der Waals surface area contributed by atoms with E-state index in [1.165, 1.54) is 6.08 Å². The third-order valence-electron chi connectivity index (χ3n) is 9.97. The topological polar surface area (TPSA) is 110 Å². The molecule has 7 aliphatic rings. The summed E-state index contributed by atoms with van der Waals surface area (Å²) in [6, 6.07) is 1.79. The average Bonchev–Trinajstić information content (AvgIpc) is 3.46. The third kappa shape index (κ3) is 2.11. The molecule has 9 heteroatoms. The van der Waals surface area contributed by atoms with Gasteiger partial charge in [-0.2, -0.15) is 0 Å². The molecule has 0 aromatic carbocycles. The predicted octanol–water partition coefficient (Wildman–Crippen LogP) is 3.19. The number of cyclic esters (lactones) is 2. The van der Waals surface area contributed by atoms with Crippen LogP contribution in [0.3, 0.4) is 0 Å². The van der Waals surface area contributed by atoms with Crippen LogP contribution in [0.1, 0.15) is 59.1 Å². The van der Waals surface area contributed by atoms with Crippen molar-refractivity contribution in [2.75, 3.05) is 0 Å². The van der Waals surface area contributed by atoms with Gasteiger partial charge in [0, 0.05) is 36.7 Å². The zero-order chi connectivity index (χ0) is 24.8. The fourth-order valence-corrected chi connectivity index (χ4v) is 8.31. The van der Waals surface area contributed by atoms with Gasteiger partial charge in [0.25, 0.3) is 0 Å². The molecule has 2 spiro atoms. The molecule has 6 fully saturated rings. The molecule has 0 N–H and O–H groups in total. The van der Waals surface area contributed by atoms with Gasteiger partial charge in [-0.3, -0.25) is 4.79 Å². The molecule has 1 aliphatic carbocycles. The summed E-state index contributed by atoms with van der Waals surface area (Å²) in [6.45, 7) is 9.21. The molecule has 9 nitrogen and oxygen atoms in total. The Hall–Kier alpha value is -2.81. The zero-order valence-corrected chi connectivity index (χ0v) is 20.3. The highest BCUT2D eigenvalue weighted by Gasteiger charge is 2.92. The molecule has 9 atom stereocenters. The number of ether oxygens (including phenoxy) is 5. The van der Waals surface area contributed by atoms with Crippen molar-refractivity contribution in [1.29, 1.82) is 0 Å². The summed E-state index contributed by atoms with van der Waals surface area (Å²) in [4.78, 5) is 40.2. The molecule has 5 saturated heterocycles. The number of hydrogen-bond acceptors (Lipinski definition) is 9. The van der Waals surface area contributed by atoms with E-state index in [2.05, 4.69) is 0 Å². The molecule has 8 rings (SSSR count). The molecule has 35 heavy (non-hydrogen) atoms. The highest BCUT2D eigenvalue weighted by Crippen LogP contribution is 2.77. The Morgan fingerprint density at radius 3 is 2.49 bits per heavy atom. The van der Waals surface area contributed by atoms with Crippen LogP contribution in [-0.4, -0.2) is 40.5 Å². The molecular weight excluding hydrogens is 456 g/mol. The maximum absolute atomic E-state index is 14.2. The smallest absolute Gasteiger partial charge is 0.343 e. The highest BCUT2D eigenvalue weighted by atomic mass is 16.8. The molecule has 0 amide bonds. The quantitative estimate of drug-likeness (QED) is 0.438. The minimum Gasteiger partial charge on any atom is -0.486 e. The minimum absolute atomic E-state index is 0.155. The zero-order valence-electron chi connectivity index (χ0n) is 20.3. The van der Waals surface area contributed by atoms with Crippen molar-refractivity contribution in [1.82, 2.24) is 0 Å². The van der Waals surface area contributed by atoms with Crippen molar-refractivity contribution in [3.05, 3.63) is 36.0 Å². The Labute approximate surface area is 202 Å². The molecule has 4 bridgehead atoms. The lowest BCUT2D eigenvalue weighted by Gasteiger charge is -2.68. The monoisotopic (exact) mass is 484 g/mol. The van der Waals surface area contributed by atoms with Crippen LogP contribution in [0.4, 0.5) is 0 Å². The first-order chi connectivity index (χ1) is 16.4. The van der Waals surface area contributed by atoms with Gasteiger partial charge in [-0.15, -0.1) is 0 Å². The second-order valence-corrected chi connectivity index (χ2v) is 11.8. The maximum atomic E-state index is 14.2. The maximum Gasteiger partial charge on any atom is 0.343 e. The molecule has 6 aliphatic heterocycles. The van der Waals surface area contributed by atoms with E-state index in [9.17, 15) is 14.4 Å². The largest absolute Gasteiger partial charge is 0.486 e. The molecule has 1 aromatic heterocycles. The van der Waals surface area contributed by atoms with Crippen LogP contribution in [0.2, 0.25) is 0 Å². The van der Waals surface area contributed by atoms with Gasteiger partial charge in [0.2, 0.25) is 11.4 Å². The van der Waals surface area contributed by atoms with Crippen molar-refractivity contribution < 1.29 is 42.5 Å². The van der Waals surface area contributed by atoms with Crippen LogP contribution in [0.5, 0.6) is 0 Å². The van der Waals surface area contributed by atoms with Crippen molar-refractivity contribution >= 4 is 17.9 Å². The van der Waals surface area contributed by atoms with Gasteiger partial charge in [0.05, 0.1) is 24.5 Å². The van der Waals surface area contributed by atoms with Gasteiger partial charge < -0.3 is 28.1 Å². The van der Waals surface area contributed by atoms with E-state index >= 15 is 0 Å². The van der Waals surface area contributed by atoms with Gasteiger partial charge in [0.15, 0.2) is 5.60 Å². The summed E-state index contributed by atoms with van der Waals surface area (Å²) in [5.74, 6) is -3.59. The number of carbonyl (C=O) groups is 3. The van der Waals surface area contributed by atoms with E-state index in [0.29, 0.717) is 12.2 Å². The SMILES string of the molecule is CC1C(c2ccoc2)OC(=O)C23OC4(C)OC(=O)C(C)(C4CC12)C31CC2C(=CC(=O)OC2(C)C)O1. The standard InChI is InChI=1S/C26H28O9/c1-12-14-8-17-23(4)20(28)34-24(17,5)35-26(14,21(29)31-19(12)13-6-7-30-11-13)25(23)10-15-16(32-25)9-18(27)33-22(15,2)3/h6-7,9,11-12,14-15,17,19H,8,10H2,1-5H3. The summed E-state index contributed by atoms with van der Waals surface area (Å²) in [7, 11) is 0. The second-order valence-electron chi connectivity index (χ2n) is 11.8. The summed E-state index contributed by atoms with van der Waals surface area (Å²) in [6.07, 6.45) is 4.74. The molecule has 1 aromatic rings. The van der Waals surface area contributed by atoms with Gasteiger partial charge in [-0.05, 0) is 33.3 Å². The molecule has 7 heterocycles. The Bertz CT molecular complexity index is 1220. The number of rotatable bonds is 1. The number of furan rings is 1. The average molecular weight is 485 g/mol. The van der Waals surface area contributed by atoms with Crippen LogP contribution in [0, 0.1) is 29.1 Å². The van der Waals surface area contributed by atoms with Crippen molar-refractivity contribution in [2.24, 2.45) is 29.1 Å². The Kier molecular flexibility index (Phi) is 3.64.